The SMILES string of the molecule is CCOC(=O)CC1CCC2(CC1)CCN(c1cc(OC3CCCC3)ccc1Cl)CC2. The van der Waals surface area contributed by atoms with E-state index in [-0.39, 0.29) is 5.97 Å². The number of ether oxygens (including phenoxy) is 2. The van der Waals surface area contributed by atoms with Gasteiger partial charge in [-0.2, -0.15) is 0 Å². The summed E-state index contributed by atoms with van der Waals surface area (Å²) in [6.45, 7) is 4.47. The van der Waals surface area contributed by atoms with Crippen molar-refractivity contribution >= 4 is 23.3 Å². The summed E-state index contributed by atoms with van der Waals surface area (Å²) < 4.78 is 11.3. The predicted molar refractivity (Wildman–Crippen MR) is 121 cm³/mol. The lowest BCUT2D eigenvalue weighted by Gasteiger charge is -2.46. The molecule has 2 aliphatic carbocycles. The molecule has 0 unspecified atom stereocenters. The van der Waals surface area contributed by atoms with E-state index in [1.54, 1.807) is 0 Å². The van der Waals surface area contributed by atoms with Crippen LogP contribution >= 0.6 is 11.6 Å². The van der Waals surface area contributed by atoms with Crippen molar-refractivity contribution in [1.82, 2.24) is 0 Å². The molecule has 1 aliphatic heterocycles. The molecule has 0 aromatic heterocycles. The molecule has 1 aromatic rings. The van der Waals surface area contributed by atoms with Crippen LogP contribution in [0.1, 0.15) is 77.6 Å². The first kappa shape index (κ1) is 21.8. The molecular formula is C25H36ClNO3. The number of benzene rings is 1. The fourth-order valence-corrected chi connectivity index (χ4v) is 5.92. The summed E-state index contributed by atoms with van der Waals surface area (Å²) in [6.07, 6.45) is 13.1. The molecule has 4 nitrogen and oxygen atoms in total. The fraction of sp³-hybridized carbons (Fsp3) is 0.720. The van der Waals surface area contributed by atoms with Crippen molar-refractivity contribution < 1.29 is 14.3 Å². The molecule has 3 aliphatic rings. The van der Waals surface area contributed by atoms with Crippen molar-refractivity contribution in [2.75, 3.05) is 24.6 Å². The molecule has 1 spiro atoms. The van der Waals surface area contributed by atoms with Gasteiger partial charge in [-0.15, -0.1) is 0 Å². The lowest BCUT2D eigenvalue weighted by Crippen LogP contribution is -2.42. The van der Waals surface area contributed by atoms with E-state index in [1.165, 1.54) is 51.4 Å². The van der Waals surface area contributed by atoms with E-state index in [2.05, 4.69) is 11.0 Å². The number of carbonyl (C=O) groups is 1. The molecule has 5 heteroatoms. The van der Waals surface area contributed by atoms with Crippen LogP contribution in [0.2, 0.25) is 5.02 Å². The van der Waals surface area contributed by atoms with E-state index >= 15 is 0 Å². The Morgan fingerprint density at radius 3 is 2.47 bits per heavy atom. The Morgan fingerprint density at radius 2 is 1.80 bits per heavy atom. The molecule has 3 fully saturated rings. The van der Waals surface area contributed by atoms with Crippen molar-refractivity contribution in [3.05, 3.63) is 23.2 Å². The maximum atomic E-state index is 11.8. The van der Waals surface area contributed by atoms with Crippen LogP contribution in [0.25, 0.3) is 0 Å². The third kappa shape index (κ3) is 5.25. The topological polar surface area (TPSA) is 38.8 Å². The van der Waals surface area contributed by atoms with E-state index in [1.807, 2.05) is 19.1 Å². The van der Waals surface area contributed by atoms with Crippen LogP contribution in [0.15, 0.2) is 18.2 Å². The number of esters is 1. The van der Waals surface area contributed by atoms with E-state index < -0.39 is 0 Å². The molecule has 0 amide bonds. The molecule has 1 heterocycles. The highest BCUT2D eigenvalue weighted by molar-refractivity contribution is 6.33. The Bertz CT molecular complexity index is 713. The Hall–Kier alpha value is -1.42. The minimum absolute atomic E-state index is 0.0254. The van der Waals surface area contributed by atoms with Crippen LogP contribution in [-0.4, -0.2) is 31.8 Å². The number of nitrogens with zero attached hydrogens (tertiary/aromatic N) is 1. The van der Waals surface area contributed by atoms with Crippen LogP contribution in [0.5, 0.6) is 5.75 Å². The second-order valence-corrected chi connectivity index (χ2v) is 9.98. The number of carbonyl (C=O) groups excluding carboxylic acids is 1. The van der Waals surface area contributed by atoms with Gasteiger partial charge in [0, 0.05) is 25.6 Å². The van der Waals surface area contributed by atoms with Crippen LogP contribution < -0.4 is 9.64 Å². The number of hydrogen-bond acceptors (Lipinski definition) is 4. The third-order valence-electron chi connectivity index (χ3n) is 7.61. The van der Waals surface area contributed by atoms with Gasteiger partial charge in [-0.3, -0.25) is 4.79 Å². The molecular weight excluding hydrogens is 398 g/mol. The largest absolute Gasteiger partial charge is 0.490 e. The first-order valence-electron chi connectivity index (χ1n) is 11.9. The van der Waals surface area contributed by atoms with E-state index in [9.17, 15) is 4.79 Å². The normalized spacial score (nSPS) is 22.4. The highest BCUT2D eigenvalue weighted by Crippen LogP contribution is 2.48. The van der Waals surface area contributed by atoms with Crippen molar-refractivity contribution in [1.29, 1.82) is 0 Å². The van der Waals surface area contributed by atoms with Gasteiger partial charge in [-0.1, -0.05) is 11.6 Å². The van der Waals surface area contributed by atoms with Crippen molar-refractivity contribution in [2.45, 2.75) is 83.7 Å². The van der Waals surface area contributed by atoms with Gasteiger partial charge in [-0.25, -0.2) is 0 Å². The summed E-state index contributed by atoms with van der Waals surface area (Å²) in [5.74, 6) is 1.44. The van der Waals surface area contributed by atoms with E-state index in [4.69, 9.17) is 21.1 Å². The monoisotopic (exact) mass is 433 g/mol. The number of hydrogen-bond donors (Lipinski definition) is 0. The van der Waals surface area contributed by atoms with E-state index in [0.29, 0.717) is 30.5 Å². The maximum Gasteiger partial charge on any atom is 0.306 e. The van der Waals surface area contributed by atoms with Crippen molar-refractivity contribution in [2.24, 2.45) is 11.3 Å². The summed E-state index contributed by atoms with van der Waals surface area (Å²) in [7, 11) is 0. The average Bonchev–Trinajstić information content (AvgIpc) is 3.25. The van der Waals surface area contributed by atoms with Crippen LogP contribution in [0.4, 0.5) is 5.69 Å². The van der Waals surface area contributed by atoms with Crippen LogP contribution in [-0.2, 0) is 9.53 Å². The molecule has 4 rings (SSSR count). The van der Waals surface area contributed by atoms with Gasteiger partial charge in [-0.05, 0) is 94.6 Å². The average molecular weight is 434 g/mol. The smallest absolute Gasteiger partial charge is 0.306 e. The summed E-state index contributed by atoms with van der Waals surface area (Å²) >= 11 is 6.58. The molecule has 166 valence electrons. The van der Waals surface area contributed by atoms with Gasteiger partial charge >= 0.3 is 5.97 Å². The zero-order valence-corrected chi connectivity index (χ0v) is 19.1. The molecule has 30 heavy (non-hydrogen) atoms. The number of anilines is 1. The third-order valence-corrected chi connectivity index (χ3v) is 7.93. The lowest BCUT2D eigenvalue weighted by atomic mass is 9.65. The second-order valence-electron chi connectivity index (χ2n) is 9.58. The summed E-state index contributed by atoms with van der Waals surface area (Å²) in [6, 6.07) is 6.15. The molecule has 1 aromatic carbocycles. The van der Waals surface area contributed by atoms with Gasteiger partial charge in [0.1, 0.15) is 5.75 Å². The predicted octanol–water partition coefficient (Wildman–Crippen LogP) is 6.39. The van der Waals surface area contributed by atoms with Gasteiger partial charge in [0.15, 0.2) is 0 Å². The van der Waals surface area contributed by atoms with Gasteiger partial charge in [0.05, 0.1) is 23.4 Å². The maximum absolute atomic E-state index is 11.8. The Kier molecular flexibility index (Phi) is 7.12. The van der Waals surface area contributed by atoms with Crippen molar-refractivity contribution in [3.8, 4) is 5.75 Å². The molecule has 2 saturated carbocycles. The quantitative estimate of drug-likeness (QED) is 0.487. The second kappa shape index (κ2) is 9.80. The highest BCUT2D eigenvalue weighted by atomic mass is 35.5. The fourth-order valence-electron chi connectivity index (χ4n) is 5.68. The minimum atomic E-state index is -0.0254. The lowest BCUT2D eigenvalue weighted by molar-refractivity contribution is -0.144. The Labute approximate surface area is 186 Å². The van der Waals surface area contributed by atoms with Gasteiger partial charge < -0.3 is 14.4 Å². The van der Waals surface area contributed by atoms with Crippen LogP contribution in [0.3, 0.4) is 0 Å². The molecule has 0 atom stereocenters. The molecule has 1 saturated heterocycles. The highest BCUT2D eigenvalue weighted by Gasteiger charge is 2.38. The van der Waals surface area contributed by atoms with Crippen LogP contribution in [0, 0.1) is 11.3 Å². The first-order chi connectivity index (χ1) is 14.6. The molecule has 0 N–H and O–H groups in total. The van der Waals surface area contributed by atoms with Gasteiger partial charge in [0.25, 0.3) is 0 Å². The summed E-state index contributed by atoms with van der Waals surface area (Å²) in [5.41, 5.74) is 1.57. The standard InChI is InChI=1S/C25H36ClNO3/c1-2-29-24(28)17-19-9-11-25(12-10-19)13-15-27(16-14-25)23-18-21(7-8-22(23)26)30-20-5-3-4-6-20/h7-8,18-20H,2-6,9-17H2,1H3. The molecule has 0 bridgehead atoms. The number of halogens is 1. The zero-order valence-electron chi connectivity index (χ0n) is 18.3. The summed E-state index contributed by atoms with van der Waals surface area (Å²) in [5, 5.41) is 0.822. The van der Waals surface area contributed by atoms with Gasteiger partial charge in [0.2, 0.25) is 0 Å². The first-order valence-corrected chi connectivity index (χ1v) is 12.3. The van der Waals surface area contributed by atoms with E-state index in [0.717, 1.165) is 42.4 Å². The number of piperidine rings is 1. The zero-order chi connectivity index (χ0) is 21.0. The Morgan fingerprint density at radius 1 is 1.10 bits per heavy atom. The Balaban J connectivity index is 1.31. The summed E-state index contributed by atoms with van der Waals surface area (Å²) in [4.78, 5) is 14.2. The minimum Gasteiger partial charge on any atom is -0.490 e. The molecule has 0 radical (unpaired) electrons. The number of rotatable bonds is 6. The van der Waals surface area contributed by atoms with Crippen molar-refractivity contribution in [3.63, 3.8) is 0 Å².